The summed E-state index contributed by atoms with van der Waals surface area (Å²) in [5, 5.41) is 11.0. The van der Waals surface area contributed by atoms with Gasteiger partial charge in [0.05, 0.1) is 24.4 Å². The van der Waals surface area contributed by atoms with Crippen molar-refractivity contribution < 1.29 is 84.6 Å². The first kappa shape index (κ1) is 38.7. The largest absolute Gasteiger partial charge is 1.00 e. The van der Waals surface area contributed by atoms with Crippen molar-refractivity contribution in [1.29, 1.82) is 0 Å². The molecule has 0 spiro atoms. The summed E-state index contributed by atoms with van der Waals surface area (Å²) in [6.45, 7) is 12.4. The van der Waals surface area contributed by atoms with Crippen LogP contribution in [0.15, 0.2) is 0 Å². The molecule has 44 heavy (non-hydrogen) atoms. The monoisotopic (exact) mass is 674 g/mol. The summed E-state index contributed by atoms with van der Waals surface area (Å²) in [7, 11) is -8.56. The summed E-state index contributed by atoms with van der Waals surface area (Å²) in [4.78, 5) is 36.1. The molecule has 0 radical (unpaired) electrons. The summed E-state index contributed by atoms with van der Waals surface area (Å²) in [6, 6.07) is 0. The van der Waals surface area contributed by atoms with E-state index in [1.165, 1.54) is 0 Å². The SMILES string of the molecule is COP(=O)(O)O[C@@H]1[C@H]2O[C@@H]([C@@H](C)C(C)C)C[C@@H](C)[C@@H]2[C@@]2(C)CC[C@H]([C@@]3(C)CC[C@@H](OS(=O)(=O)[O-])[C@H](O)[C@@H]3C=O)[C@@H](C=O)[C@H]12.[Na+]. The van der Waals surface area contributed by atoms with Crippen LogP contribution < -0.4 is 29.6 Å². The number of phosphoric acid groups is 1. The molecule has 0 aromatic heterocycles. The topological polar surface area (TPSA) is 186 Å². The molecule has 4 aliphatic rings. The Hall–Kier alpha value is 0.240. The van der Waals surface area contributed by atoms with Crippen LogP contribution in [-0.4, -0.2) is 73.2 Å². The molecule has 15 atom stereocenters. The first-order valence-electron chi connectivity index (χ1n) is 15.3. The van der Waals surface area contributed by atoms with Crippen molar-refractivity contribution in [3.05, 3.63) is 0 Å². The molecular weight excluding hydrogens is 626 g/mol. The van der Waals surface area contributed by atoms with E-state index in [9.17, 15) is 37.1 Å². The number of aliphatic hydroxyl groups is 1. The van der Waals surface area contributed by atoms with Crippen molar-refractivity contribution >= 4 is 30.8 Å². The molecule has 0 bridgehead atoms. The molecule has 4 fully saturated rings. The van der Waals surface area contributed by atoms with E-state index in [-0.39, 0.29) is 66.3 Å². The van der Waals surface area contributed by atoms with Crippen molar-refractivity contribution in [3.8, 4) is 0 Å². The molecule has 3 aliphatic carbocycles. The van der Waals surface area contributed by atoms with E-state index in [4.69, 9.17) is 13.8 Å². The Bertz CT molecular complexity index is 1200. The number of hydrogen-bond acceptors (Lipinski definition) is 11. The fourth-order valence-electron chi connectivity index (χ4n) is 9.57. The van der Waals surface area contributed by atoms with Crippen molar-refractivity contribution in [3.63, 3.8) is 0 Å². The van der Waals surface area contributed by atoms with Crippen LogP contribution >= 0.6 is 7.82 Å². The van der Waals surface area contributed by atoms with Gasteiger partial charge in [-0.1, -0.05) is 41.5 Å². The van der Waals surface area contributed by atoms with Gasteiger partial charge in [-0.15, -0.1) is 0 Å². The Balaban J connectivity index is 0.00000529. The van der Waals surface area contributed by atoms with Gasteiger partial charge in [0, 0.05) is 24.9 Å². The third kappa shape index (κ3) is 7.01. The third-order valence-corrected chi connectivity index (χ3v) is 13.4. The van der Waals surface area contributed by atoms with E-state index < -0.39 is 77.1 Å². The summed E-state index contributed by atoms with van der Waals surface area (Å²) >= 11 is 0. The van der Waals surface area contributed by atoms with Gasteiger partial charge in [0.15, 0.2) is 0 Å². The van der Waals surface area contributed by atoms with Crippen LogP contribution in [0.2, 0.25) is 0 Å². The van der Waals surface area contributed by atoms with Gasteiger partial charge in [0.2, 0.25) is 10.4 Å². The second-order valence-electron chi connectivity index (χ2n) is 14.3. The average Bonchev–Trinajstić information content (AvgIpc) is 3.16. The second-order valence-corrected chi connectivity index (χ2v) is 16.9. The normalized spacial score (nSPS) is 46.2. The molecule has 1 aliphatic heterocycles. The van der Waals surface area contributed by atoms with Gasteiger partial charge in [0.25, 0.3) is 0 Å². The number of hydrogen-bond donors (Lipinski definition) is 2. The standard InChI is InChI=1S/C29H49O12PS.Na/c1-15(2)17(4)22-12-16(3)23-26(39-22)27(40-42(33,34)38-7)24-18(13-30)19(8-10-29(23,24)6)28(5)11-9-21(41-43(35,36)37)25(32)20(28)14-31;/h13-27,32H,8-12H2,1-7H3,(H,33,34)(H,35,36,37);/q;+1/p-1/t16-,17+,18-,19+,20+,21-,22-,23+,24-,25-,26+,27+,28-,29-;/m1./s1. The molecule has 0 amide bonds. The van der Waals surface area contributed by atoms with Crippen molar-refractivity contribution in [1.82, 2.24) is 0 Å². The van der Waals surface area contributed by atoms with Gasteiger partial charge in [-0.05, 0) is 72.5 Å². The fraction of sp³-hybridized carbons (Fsp3) is 0.931. The molecule has 1 saturated heterocycles. The Labute approximate surface area is 283 Å². The predicted molar refractivity (Wildman–Crippen MR) is 153 cm³/mol. The Morgan fingerprint density at radius 1 is 1.07 bits per heavy atom. The molecule has 4 rings (SSSR count). The average molecular weight is 675 g/mol. The molecular formula is C29H48NaO12PS. The number of rotatable bonds is 10. The molecule has 1 unspecified atom stereocenters. The van der Waals surface area contributed by atoms with Crippen molar-refractivity contribution in [2.24, 2.45) is 58.2 Å². The smallest absolute Gasteiger partial charge is 0.726 e. The number of carbonyl (C=O) groups is 2. The van der Waals surface area contributed by atoms with E-state index >= 15 is 0 Å². The third-order valence-electron chi connectivity index (χ3n) is 12.0. The van der Waals surface area contributed by atoms with Gasteiger partial charge in [-0.3, -0.25) is 13.2 Å². The van der Waals surface area contributed by atoms with Crippen LogP contribution in [0.25, 0.3) is 0 Å². The number of phosphoric ester groups is 1. The molecule has 15 heteroatoms. The van der Waals surface area contributed by atoms with E-state index in [0.29, 0.717) is 25.0 Å². The number of fused-ring (bicyclic) bond motifs is 3. The van der Waals surface area contributed by atoms with Gasteiger partial charge in [0.1, 0.15) is 18.7 Å². The minimum Gasteiger partial charge on any atom is -0.726 e. The molecule has 0 aromatic carbocycles. The first-order valence-corrected chi connectivity index (χ1v) is 18.1. The quantitative estimate of drug-likeness (QED) is 0.108. The zero-order chi connectivity index (χ0) is 32.3. The van der Waals surface area contributed by atoms with E-state index in [2.05, 4.69) is 38.8 Å². The molecule has 2 N–H and O–H groups in total. The van der Waals surface area contributed by atoms with Crippen LogP contribution in [-0.2, 0) is 42.5 Å². The Kier molecular flexibility index (Phi) is 12.3. The van der Waals surface area contributed by atoms with Gasteiger partial charge < -0.3 is 28.9 Å². The maximum absolute atomic E-state index is 13.1. The van der Waals surface area contributed by atoms with Crippen molar-refractivity contribution in [2.45, 2.75) is 104 Å². The maximum Gasteiger partial charge on any atom is 1.00 e. The summed E-state index contributed by atoms with van der Waals surface area (Å²) < 4.78 is 68.9. The molecule has 3 saturated carbocycles. The van der Waals surface area contributed by atoms with E-state index in [1.807, 2.05) is 0 Å². The van der Waals surface area contributed by atoms with E-state index in [1.54, 1.807) is 6.92 Å². The summed E-state index contributed by atoms with van der Waals surface area (Å²) in [6.07, 6.45) is -1.09. The minimum absolute atomic E-state index is 0. The fourth-order valence-corrected chi connectivity index (χ4v) is 10.7. The number of ether oxygens (including phenoxy) is 1. The molecule has 248 valence electrons. The summed E-state index contributed by atoms with van der Waals surface area (Å²) in [5.41, 5.74) is -1.48. The zero-order valence-electron chi connectivity index (χ0n) is 27.0. The number of aliphatic hydroxyl groups excluding tert-OH is 1. The van der Waals surface area contributed by atoms with Gasteiger partial charge in [-0.2, -0.15) is 0 Å². The second kappa shape index (κ2) is 14.0. The number of carbonyl (C=O) groups excluding carboxylic acids is 2. The van der Waals surface area contributed by atoms with Gasteiger partial charge in [-0.25, -0.2) is 13.0 Å². The Morgan fingerprint density at radius 2 is 1.68 bits per heavy atom. The maximum atomic E-state index is 13.1. The predicted octanol–water partition coefficient (Wildman–Crippen LogP) is 0.507. The molecule has 1 heterocycles. The number of aldehydes is 2. The van der Waals surface area contributed by atoms with Gasteiger partial charge >= 0.3 is 37.4 Å². The van der Waals surface area contributed by atoms with E-state index in [0.717, 1.165) is 19.8 Å². The van der Waals surface area contributed by atoms with Crippen LogP contribution in [0.4, 0.5) is 0 Å². The summed E-state index contributed by atoms with van der Waals surface area (Å²) in [5.74, 6) is -2.27. The zero-order valence-corrected chi connectivity index (χ0v) is 30.7. The molecule has 0 aromatic rings. The first-order chi connectivity index (χ1) is 19.8. The van der Waals surface area contributed by atoms with Crippen LogP contribution in [0.3, 0.4) is 0 Å². The van der Waals surface area contributed by atoms with Crippen molar-refractivity contribution in [2.75, 3.05) is 7.11 Å². The van der Waals surface area contributed by atoms with Crippen LogP contribution in [0.5, 0.6) is 0 Å². The Morgan fingerprint density at radius 3 is 2.20 bits per heavy atom. The minimum atomic E-state index is -5.12. The van der Waals surface area contributed by atoms with Crippen LogP contribution in [0.1, 0.15) is 73.6 Å². The van der Waals surface area contributed by atoms with Crippen LogP contribution in [0, 0.1) is 58.2 Å². The molecule has 12 nitrogen and oxygen atoms in total.